The van der Waals surface area contributed by atoms with E-state index in [1.807, 2.05) is 0 Å². The number of hydrogen-bond donors (Lipinski definition) is 1. The van der Waals surface area contributed by atoms with Crippen LogP contribution in [0.25, 0.3) is 0 Å². The lowest BCUT2D eigenvalue weighted by Gasteiger charge is -2.14. The number of anilines is 2. The van der Waals surface area contributed by atoms with Crippen LogP contribution >= 0.6 is 0 Å². The zero-order valence-electron chi connectivity index (χ0n) is 10.7. The van der Waals surface area contributed by atoms with E-state index in [2.05, 4.69) is 0 Å². The van der Waals surface area contributed by atoms with Gasteiger partial charge in [-0.15, -0.1) is 0 Å². The number of nitrogens with two attached hydrogens (primary N) is 1. The summed E-state index contributed by atoms with van der Waals surface area (Å²) in [5, 5.41) is 0. The van der Waals surface area contributed by atoms with Crippen LogP contribution in [0.15, 0.2) is 36.4 Å². The molecule has 4 nitrogen and oxygen atoms in total. The number of benzene rings is 2. The van der Waals surface area contributed by atoms with E-state index >= 15 is 0 Å². The Labute approximate surface area is 114 Å². The number of imide groups is 1. The number of hydrogen-bond acceptors (Lipinski definition) is 3. The minimum absolute atomic E-state index is 0.275. The van der Waals surface area contributed by atoms with Gasteiger partial charge >= 0.3 is 0 Å². The molecular weight excluding hydrogens is 259 g/mol. The second-order valence-electron chi connectivity index (χ2n) is 4.68. The molecule has 0 unspecified atom stereocenters. The van der Waals surface area contributed by atoms with Crippen LogP contribution in [0.2, 0.25) is 0 Å². The lowest BCUT2D eigenvalue weighted by Crippen LogP contribution is -2.29. The fraction of sp³-hybridized carbons (Fsp3) is 0.0667. The summed E-state index contributed by atoms with van der Waals surface area (Å²) in [7, 11) is 0. The lowest BCUT2D eigenvalue weighted by atomic mass is 10.1. The van der Waals surface area contributed by atoms with Gasteiger partial charge in [-0.2, -0.15) is 0 Å². The number of carbonyl (C=O) groups is 2. The molecule has 1 heterocycles. The SMILES string of the molecule is Cc1cc(N2C(=O)c3ccc(N)cc3C2=O)ccc1F. The van der Waals surface area contributed by atoms with Crippen LogP contribution in [0.4, 0.5) is 15.8 Å². The molecule has 1 aliphatic rings. The van der Waals surface area contributed by atoms with Crippen molar-refractivity contribution < 1.29 is 14.0 Å². The van der Waals surface area contributed by atoms with Gasteiger partial charge in [0.05, 0.1) is 16.8 Å². The Morgan fingerprint density at radius 3 is 2.40 bits per heavy atom. The Hall–Kier alpha value is -2.69. The maximum atomic E-state index is 13.3. The third-order valence-corrected chi connectivity index (χ3v) is 3.31. The molecule has 0 saturated carbocycles. The number of rotatable bonds is 1. The third kappa shape index (κ3) is 1.67. The number of aryl methyl sites for hydroxylation is 1. The van der Waals surface area contributed by atoms with Crippen molar-refractivity contribution in [1.29, 1.82) is 0 Å². The average Bonchev–Trinajstić information content (AvgIpc) is 2.65. The molecule has 1 aliphatic heterocycles. The molecule has 0 fully saturated rings. The molecule has 2 aromatic rings. The van der Waals surface area contributed by atoms with Gasteiger partial charge in [0.2, 0.25) is 0 Å². The summed E-state index contributed by atoms with van der Waals surface area (Å²) in [6.07, 6.45) is 0. The summed E-state index contributed by atoms with van der Waals surface area (Å²) < 4.78 is 13.3. The van der Waals surface area contributed by atoms with Gasteiger partial charge in [0, 0.05) is 5.69 Å². The van der Waals surface area contributed by atoms with Gasteiger partial charge in [-0.3, -0.25) is 9.59 Å². The largest absolute Gasteiger partial charge is 0.399 e. The van der Waals surface area contributed by atoms with Crippen molar-refractivity contribution in [3.8, 4) is 0 Å². The fourth-order valence-corrected chi connectivity index (χ4v) is 2.26. The Bertz CT molecular complexity index is 756. The van der Waals surface area contributed by atoms with E-state index in [1.165, 1.54) is 30.3 Å². The predicted octanol–water partition coefficient (Wildman–Crippen LogP) is 2.52. The van der Waals surface area contributed by atoms with Crippen LogP contribution in [-0.2, 0) is 0 Å². The van der Waals surface area contributed by atoms with Gasteiger partial charge in [0.1, 0.15) is 5.82 Å². The molecule has 0 radical (unpaired) electrons. The minimum atomic E-state index is -0.441. The fourth-order valence-electron chi connectivity index (χ4n) is 2.26. The molecule has 0 atom stereocenters. The topological polar surface area (TPSA) is 63.4 Å². The van der Waals surface area contributed by atoms with Gasteiger partial charge < -0.3 is 5.73 Å². The molecule has 20 heavy (non-hydrogen) atoms. The van der Waals surface area contributed by atoms with Crippen LogP contribution in [0.1, 0.15) is 26.3 Å². The van der Waals surface area contributed by atoms with Crippen LogP contribution < -0.4 is 10.6 Å². The van der Waals surface area contributed by atoms with E-state index in [0.29, 0.717) is 22.5 Å². The zero-order valence-corrected chi connectivity index (χ0v) is 10.7. The molecule has 5 heteroatoms. The van der Waals surface area contributed by atoms with Gasteiger partial charge in [-0.1, -0.05) is 0 Å². The summed E-state index contributed by atoms with van der Waals surface area (Å²) in [4.78, 5) is 25.6. The number of nitrogens with zero attached hydrogens (tertiary/aromatic N) is 1. The number of carbonyl (C=O) groups excluding carboxylic acids is 2. The van der Waals surface area contributed by atoms with Crippen LogP contribution in [0.5, 0.6) is 0 Å². The predicted molar refractivity (Wildman–Crippen MR) is 73.1 cm³/mol. The van der Waals surface area contributed by atoms with Crippen molar-refractivity contribution in [2.24, 2.45) is 0 Å². The number of halogens is 1. The highest BCUT2D eigenvalue weighted by Crippen LogP contribution is 2.30. The molecule has 0 saturated heterocycles. The van der Waals surface area contributed by atoms with Crippen molar-refractivity contribution in [2.75, 3.05) is 10.6 Å². The van der Waals surface area contributed by atoms with Crippen LogP contribution in [-0.4, -0.2) is 11.8 Å². The average molecular weight is 270 g/mol. The minimum Gasteiger partial charge on any atom is -0.399 e. The number of amides is 2. The first kappa shape index (κ1) is 12.3. The van der Waals surface area contributed by atoms with E-state index in [0.717, 1.165) is 4.90 Å². The second kappa shape index (κ2) is 4.16. The molecule has 2 amide bonds. The molecular formula is C15H11FN2O2. The van der Waals surface area contributed by atoms with Crippen LogP contribution in [0.3, 0.4) is 0 Å². The Balaban J connectivity index is 2.11. The van der Waals surface area contributed by atoms with Crippen molar-refractivity contribution in [3.63, 3.8) is 0 Å². The summed E-state index contributed by atoms with van der Waals surface area (Å²) in [6.45, 7) is 1.58. The molecule has 0 spiro atoms. The maximum Gasteiger partial charge on any atom is 0.266 e. The normalized spacial score (nSPS) is 13.8. The molecule has 0 aromatic heterocycles. The van der Waals surface area contributed by atoms with E-state index in [4.69, 9.17) is 5.73 Å². The van der Waals surface area contributed by atoms with E-state index in [1.54, 1.807) is 13.0 Å². The first-order valence-corrected chi connectivity index (χ1v) is 6.03. The first-order valence-electron chi connectivity index (χ1n) is 6.03. The highest BCUT2D eigenvalue weighted by molar-refractivity contribution is 6.34. The van der Waals surface area contributed by atoms with Gasteiger partial charge in [0.25, 0.3) is 11.8 Å². The van der Waals surface area contributed by atoms with Gasteiger partial charge in [-0.05, 0) is 48.9 Å². The Morgan fingerprint density at radius 1 is 1.00 bits per heavy atom. The highest BCUT2D eigenvalue weighted by atomic mass is 19.1. The standard InChI is InChI=1S/C15H11FN2O2/c1-8-6-10(3-5-13(8)16)18-14(19)11-4-2-9(17)7-12(11)15(18)20/h2-7H,17H2,1H3. The molecule has 2 aromatic carbocycles. The van der Waals surface area contributed by atoms with E-state index < -0.39 is 11.8 Å². The molecule has 0 aliphatic carbocycles. The maximum absolute atomic E-state index is 13.3. The van der Waals surface area contributed by atoms with Crippen molar-refractivity contribution in [1.82, 2.24) is 0 Å². The van der Waals surface area contributed by atoms with Gasteiger partial charge in [-0.25, -0.2) is 9.29 Å². The lowest BCUT2D eigenvalue weighted by molar-refractivity contribution is 0.0926. The van der Waals surface area contributed by atoms with Crippen molar-refractivity contribution in [2.45, 2.75) is 6.92 Å². The van der Waals surface area contributed by atoms with E-state index in [-0.39, 0.29) is 11.4 Å². The zero-order chi connectivity index (χ0) is 14.4. The summed E-state index contributed by atoms with van der Waals surface area (Å²) >= 11 is 0. The summed E-state index contributed by atoms with van der Waals surface area (Å²) in [5.41, 5.74) is 7.37. The molecule has 2 N–H and O–H groups in total. The third-order valence-electron chi connectivity index (χ3n) is 3.31. The molecule has 100 valence electrons. The quantitative estimate of drug-likeness (QED) is 0.639. The van der Waals surface area contributed by atoms with E-state index in [9.17, 15) is 14.0 Å². The molecule has 0 bridgehead atoms. The number of fused-ring (bicyclic) bond motifs is 1. The first-order chi connectivity index (χ1) is 9.49. The number of nitrogen functional groups attached to an aromatic ring is 1. The van der Waals surface area contributed by atoms with Crippen molar-refractivity contribution in [3.05, 3.63) is 58.9 Å². The highest BCUT2D eigenvalue weighted by Gasteiger charge is 2.36. The summed E-state index contributed by atoms with van der Waals surface area (Å²) in [6, 6.07) is 8.70. The van der Waals surface area contributed by atoms with Gasteiger partial charge in [0.15, 0.2) is 0 Å². The summed E-state index contributed by atoms with van der Waals surface area (Å²) in [5.74, 6) is -1.24. The smallest absolute Gasteiger partial charge is 0.266 e. The Kier molecular flexibility index (Phi) is 2.57. The second-order valence-corrected chi connectivity index (χ2v) is 4.68. The monoisotopic (exact) mass is 270 g/mol. The van der Waals surface area contributed by atoms with Crippen molar-refractivity contribution >= 4 is 23.2 Å². The molecule has 3 rings (SSSR count). The van der Waals surface area contributed by atoms with Crippen LogP contribution in [0, 0.1) is 12.7 Å². The Morgan fingerprint density at radius 2 is 1.70 bits per heavy atom.